The molecule has 0 aromatic heterocycles. The Labute approximate surface area is 108 Å². The van der Waals surface area contributed by atoms with E-state index in [-0.39, 0.29) is 11.9 Å². The Bertz CT molecular complexity index is 323. The highest BCUT2D eigenvalue weighted by Crippen LogP contribution is 2.12. The topological polar surface area (TPSA) is 84.7 Å². The standard InChI is InChI=1S/C12H23N3O3/c1-8(13)10(16)15-6-5-9(7-15)14-11(17)18-12(2,3)4/h8-9H,5-7,13H2,1-4H3,(H,14,17). The normalized spacial score (nSPS) is 21.6. The van der Waals surface area contributed by atoms with Crippen LogP contribution in [0.1, 0.15) is 34.1 Å². The minimum Gasteiger partial charge on any atom is -0.444 e. The van der Waals surface area contributed by atoms with Crippen molar-refractivity contribution < 1.29 is 14.3 Å². The number of likely N-dealkylation sites (tertiary alicyclic amines) is 1. The minimum atomic E-state index is -0.510. The Balaban J connectivity index is 2.39. The van der Waals surface area contributed by atoms with E-state index in [4.69, 9.17) is 10.5 Å². The van der Waals surface area contributed by atoms with Gasteiger partial charge in [-0.2, -0.15) is 0 Å². The summed E-state index contributed by atoms with van der Waals surface area (Å²) >= 11 is 0. The molecule has 1 rings (SSSR count). The summed E-state index contributed by atoms with van der Waals surface area (Å²) in [6, 6.07) is -0.548. The maximum Gasteiger partial charge on any atom is 0.407 e. The molecule has 0 bridgehead atoms. The predicted molar refractivity (Wildman–Crippen MR) is 68.0 cm³/mol. The van der Waals surface area contributed by atoms with Gasteiger partial charge in [0.15, 0.2) is 0 Å². The molecule has 3 N–H and O–H groups in total. The van der Waals surface area contributed by atoms with Crippen molar-refractivity contribution in [2.24, 2.45) is 5.73 Å². The number of alkyl carbamates (subject to hydrolysis) is 1. The van der Waals surface area contributed by atoms with E-state index < -0.39 is 17.7 Å². The molecule has 0 aromatic rings. The SMILES string of the molecule is CC(N)C(=O)N1CCC(NC(=O)OC(C)(C)C)C1. The monoisotopic (exact) mass is 257 g/mol. The Hall–Kier alpha value is -1.30. The van der Waals surface area contributed by atoms with E-state index in [1.807, 2.05) is 20.8 Å². The fraction of sp³-hybridized carbons (Fsp3) is 0.833. The molecule has 1 aliphatic rings. The van der Waals surface area contributed by atoms with Gasteiger partial charge in [-0.15, -0.1) is 0 Å². The van der Waals surface area contributed by atoms with Crippen LogP contribution in [0.2, 0.25) is 0 Å². The number of hydrogen-bond donors (Lipinski definition) is 2. The zero-order valence-electron chi connectivity index (χ0n) is 11.5. The number of hydrogen-bond acceptors (Lipinski definition) is 4. The molecule has 1 aliphatic heterocycles. The van der Waals surface area contributed by atoms with Gasteiger partial charge in [-0.05, 0) is 34.1 Å². The molecule has 0 saturated carbocycles. The highest BCUT2D eigenvalue weighted by atomic mass is 16.6. The molecule has 6 nitrogen and oxygen atoms in total. The number of ether oxygens (including phenoxy) is 1. The van der Waals surface area contributed by atoms with E-state index in [2.05, 4.69) is 5.32 Å². The van der Waals surface area contributed by atoms with Crippen LogP contribution in [0.25, 0.3) is 0 Å². The van der Waals surface area contributed by atoms with E-state index in [0.29, 0.717) is 13.1 Å². The third-order valence-electron chi connectivity index (χ3n) is 2.61. The Morgan fingerprint density at radius 2 is 2.06 bits per heavy atom. The summed E-state index contributed by atoms with van der Waals surface area (Å²) in [5.41, 5.74) is 5.03. The van der Waals surface area contributed by atoms with Gasteiger partial charge >= 0.3 is 6.09 Å². The molecule has 2 amide bonds. The highest BCUT2D eigenvalue weighted by Gasteiger charge is 2.29. The summed E-state index contributed by atoms with van der Waals surface area (Å²) in [6.45, 7) is 8.23. The first-order chi connectivity index (χ1) is 8.19. The van der Waals surface area contributed by atoms with Crippen molar-refractivity contribution >= 4 is 12.0 Å². The van der Waals surface area contributed by atoms with E-state index in [1.165, 1.54) is 0 Å². The molecule has 1 heterocycles. The Morgan fingerprint density at radius 1 is 1.44 bits per heavy atom. The van der Waals surface area contributed by atoms with Crippen LogP contribution in [0.4, 0.5) is 4.79 Å². The zero-order valence-corrected chi connectivity index (χ0v) is 11.5. The summed E-state index contributed by atoms with van der Waals surface area (Å²) < 4.78 is 5.16. The molecule has 0 spiro atoms. The predicted octanol–water partition coefficient (Wildman–Crippen LogP) is 0.459. The van der Waals surface area contributed by atoms with Crippen LogP contribution in [0.5, 0.6) is 0 Å². The molecular formula is C12H23N3O3. The average molecular weight is 257 g/mol. The van der Waals surface area contributed by atoms with Gasteiger partial charge in [0.1, 0.15) is 5.60 Å². The van der Waals surface area contributed by atoms with Gasteiger partial charge in [0.05, 0.1) is 12.1 Å². The number of nitrogens with one attached hydrogen (secondary N) is 1. The van der Waals surface area contributed by atoms with Gasteiger partial charge < -0.3 is 20.7 Å². The lowest BCUT2D eigenvalue weighted by Gasteiger charge is -2.22. The van der Waals surface area contributed by atoms with Gasteiger partial charge in [-0.1, -0.05) is 0 Å². The maximum absolute atomic E-state index is 11.7. The summed E-state index contributed by atoms with van der Waals surface area (Å²) in [4.78, 5) is 24.9. The first-order valence-electron chi connectivity index (χ1n) is 6.23. The van der Waals surface area contributed by atoms with Crippen molar-refractivity contribution in [3.05, 3.63) is 0 Å². The van der Waals surface area contributed by atoms with E-state index in [1.54, 1.807) is 11.8 Å². The van der Waals surface area contributed by atoms with Crippen LogP contribution in [0.15, 0.2) is 0 Å². The van der Waals surface area contributed by atoms with Crippen molar-refractivity contribution in [3.8, 4) is 0 Å². The smallest absolute Gasteiger partial charge is 0.407 e. The minimum absolute atomic E-state index is 0.0532. The quantitative estimate of drug-likeness (QED) is 0.752. The lowest BCUT2D eigenvalue weighted by atomic mass is 10.2. The summed E-state index contributed by atoms with van der Waals surface area (Å²) in [6.07, 6.45) is 0.292. The molecule has 104 valence electrons. The number of carbonyl (C=O) groups excluding carboxylic acids is 2. The summed E-state index contributed by atoms with van der Waals surface area (Å²) in [7, 11) is 0. The van der Waals surface area contributed by atoms with Crippen LogP contribution in [0.3, 0.4) is 0 Å². The van der Waals surface area contributed by atoms with Gasteiger partial charge in [0.2, 0.25) is 5.91 Å². The Morgan fingerprint density at radius 3 is 2.56 bits per heavy atom. The molecule has 0 aliphatic carbocycles. The van der Waals surface area contributed by atoms with Crippen LogP contribution in [0, 0.1) is 0 Å². The summed E-state index contributed by atoms with van der Waals surface area (Å²) in [5, 5.41) is 2.76. The number of nitrogens with two attached hydrogens (primary N) is 1. The fourth-order valence-corrected chi connectivity index (χ4v) is 1.84. The lowest BCUT2D eigenvalue weighted by Crippen LogP contribution is -2.44. The molecule has 0 aromatic carbocycles. The van der Waals surface area contributed by atoms with E-state index in [0.717, 1.165) is 6.42 Å². The largest absolute Gasteiger partial charge is 0.444 e. The molecule has 2 atom stereocenters. The van der Waals surface area contributed by atoms with Crippen LogP contribution >= 0.6 is 0 Å². The third kappa shape index (κ3) is 4.52. The first-order valence-corrected chi connectivity index (χ1v) is 6.23. The number of rotatable bonds is 2. The molecule has 18 heavy (non-hydrogen) atoms. The van der Waals surface area contributed by atoms with Gasteiger partial charge in [0, 0.05) is 13.1 Å². The van der Waals surface area contributed by atoms with Gasteiger partial charge in [0.25, 0.3) is 0 Å². The highest BCUT2D eigenvalue weighted by molar-refractivity contribution is 5.81. The molecule has 6 heteroatoms. The maximum atomic E-state index is 11.7. The van der Waals surface area contributed by atoms with Gasteiger partial charge in [-0.25, -0.2) is 4.79 Å². The lowest BCUT2D eigenvalue weighted by molar-refractivity contribution is -0.131. The molecule has 1 fully saturated rings. The Kier molecular flexibility index (Phi) is 4.56. The van der Waals surface area contributed by atoms with Crippen molar-refractivity contribution in [2.75, 3.05) is 13.1 Å². The second kappa shape index (κ2) is 5.56. The molecular weight excluding hydrogens is 234 g/mol. The second-order valence-electron chi connectivity index (χ2n) is 5.70. The van der Waals surface area contributed by atoms with Gasteiger partial charge in [-0.3, -0.25) is 4.79 Å². The molecule has 2 unspecified atom stereocenters. The molecule has 1 saturated heterocycles. The van der Waals surface area contributed by atoms with Crippen LogP contribution < -0.4 is 11.1 Å². The van der Waals surface area contributed by atoms with Crippen LogP contribution in [-0.2, 0) is 9.53 Å². The van der Waals surface area contributed by atoms with Crippen molar-refractivity contribution in [3.63, 3.8) is 0 Å². The van der Waals surface area contributed by atoms with Crippen LogP contribution in [-0.4, -0.2) is 47.7 Å². The molecule has 0 radical (unpaired) electrons. The third-order valence-corrected chi connectivity index (χ3v) is 2.61. The number of nitrogens with zero attached hydrogens (tertiary/aromatic N) is 1. The first kappa shape index (κ1) is 14.8. The summed E-state index contributed by atoms with van der Waals surface area (Å²) in [5.74, 6) is -0.0801. The van der Waals surface area contributed by atoms with Crippen molar-refractivity contribution in [1.29, 1.82) is 0 Å². The van der Waals surface area contributed by atoms with E-state index >= 15 is 0 Å². The average Bonchev–Trinajstić information content (AvgIpc) is 2.61. The number of carbonyl (C=O) groups is 2. The zero-order chi connectivity index (χ0) is 13.9. The second-order valence-corrected chi connectivity index (χ2v) is 5.70. The van der Waals surface area contributed by atoms with Crippen molar-refractivity contribution in [1.82, 2.24) is 10.2 Å². The number of amides is 2. The van der Waals surface area contributed by atoms with Crippen molar-refractivity contribution in [2.45, 2.75) is 51.8 Å². The van der Waals surface area contributed by atoms with E-state index in [9.17, 15) is 9.59 Å². The fourth-order valence-electron chi connectivity index (χ4n) is 1.84.